The Morgan fingerprint density at radius 1 is 1.10 bits per heavy atom. The molecule has 2 aromatic rings. The summed E-state index contributed by atoms with van der Waals surface area (Å²) in [5, 5.41) is 8.61. The number of halogens is 5. The second-order valence-corrected chi connectivity index (χ2v) is 4.40. The van der Waals surface area contributed by atoms with Crippen LogP contribution in [-0.4, -0.2) is 0 Å². The minimum absolute atomic E-state index is 0.0101. The first-order valence-corrected chi connectivity index (χ1v) is 5.93. The van der Waals surface area contributed by atoms with Crippen LogP contribution in [0.1, 0.15) is 11.1 Å². The fourth-order valence-corrected chi connectivity index (χ4v) is 1.81. The zero-order valence-corrected chi connectivity index (χ0v) is 11.0. The molecule has 0 radical (unpaired) electrons. The lowest BCUT2D eigenvalue weighted by Crippen LogP contribution is -2.07. The summed E-state index contributed by atoms with van der Waals surface area (Å²) in [6.07, 6.45) is -4.68. The molecule has 7 heteroatoms. The van der Waals surface area contributed by atoms with Gasteiger partial charge in [0.05, 0.1) is 22.2 Å². The molecule has 108 valence electrons. The van der Waals surface area contributed by atoms with E-state index in [1.165, 1.54) is 18.2 Å². The third-order valence-corrected chi connectivity index (χ3v) is 2.83. The van der Waals surface area contributed by atoms with Gasteiger partial charge in [0.25, 0.3) is 0 Å². The van der Waals surface area contributed by atoms with Crippen molar-refractivity contribution < 1.29 is 22.3 Å². The summed E-state index contributed by atoms with van der Waals surface area (Å²) >= 11 is 5.73. The van der Waals surface area contributed by atoms with Gasteiger partial charge in [-0.25, -0.2) is 4.39 Å². The molecule has 0 spiro atoms. The van der Waals surface area contributed by atoms with Gasteiger partial charge in [-0.05, 0) is 36.4 Å². The van der Waals surface area contributed by atoms with E-state index in [4.69, 9.17) is 21.6 Å². The molecule has 2 aromatic carbocycles. The lowest BCUT2D eigenvalue weighted by Gasteiger charge is -2.12. The van der Waals surface area contributed by atoms with Gasteiger partial charge in [-0.1, -0.05) is 11.6 Å². The van der Waals surface area contributed by atoms with Crippen LogP contribution in [0.15, 0.2) is 36.4 Å². The van der Waals surface area contributed by atoms with Crippen molar-refractivity contribution in [3.63, 3.8) is 0 Å². The van der Waals surface area contributed by atoms with Crippen molar-refractivity contribution in [2.75, 3.05) is 0 Å². The van der Waals surface area contributed by atoms with Crippen LogP contribution >= 0.6 is 11.6 Å². The van der Waals surface area contributed by atoms with Crippen molar-refractivity contribution in [1.82, 2.24) is 0 Å². The summed E-state index contributed by atoms with van der Waals surface area (Å²) in [5.41, 5.74) is -1.62. The van der Waals surface area contributed by atoms with Crippen LogP contribution in [-0.2, 0) is 6.18 Å². The largest absolute Gasteiger partial charge is 0.456 e. The average molecular weight is 316 g/mol. The van der Waals surface area contributed by atoms with Crippen molar-refractivity contribution in [3.05, 3.63) is 58.4 Å². The average Bonchev–Trinajstić information content (AvgIpc) is 2.41. The summed E-state index contributed by atoms with van der Waals surface area (Å²) in [7, 11) is 0. The highest BCUT2D eigenvalue weighted by atomic mass is 35.5. The molecule has 0 unspecified atom stereocenters. The van der Waals surface area contributed by atoms with Gasteiger partial charge in [0.2, 0.25) is 0 Å². The monoisotopic (exact) mass is 315 g/mol. The maximum Gasteiger partial charge on any atom is 0.417 e. The van der Waals surface area contributed by atoms with E-state index in [-0.39, 0.29) is 16.5 Å². The second kappa shape index (κ2) is 5.62. The molecule has 0 fully saturated rings. The highest BCUT2D eigenvalue weighted by Gasteiger charge is 2.34. The molecule has 0 atom stereocenters. The van der Waals surface area contributed by atoms with Gasteiger partial charge in [0, 0.05) is 0 Å². The summed E-state index contributed by atoms with van der Waals surface area (Å²) in [4.78, 5) is 0. The first-order valence-electron chi connectivity index (χ1n) is 5.55. The van der Waals surface area contributed by atoms with Crippen molar-refractivity contribution in [2.24, 2.45) is 0 Å². The number of hydrogen-bond acceptors (Lipinski definition) is 2. The molecule has 0 saturated carbocycles. The van der Waals surface area contributed by atoms with E-state index in [1.807, 2.05) is 0 Å². The lowest BCUT2D eigenvalue weighted by molar-refractivity contribution is -0.137. The van der Waals surface area contributed by atoms with Gasteiger partial charge in [0.1, 0.15) is 17.3 Å². The molecule has 0 amide bonds. The molecule has 0 aromatic heterocycles. The third-order valence-electron chi connectivity index (χ3n) is 2.54. The Hall–Kier alpha value is -2.26. The van der Waals surface area contributed by atoms with Gasteiger partial charge in [0.15, 0.2) is 0 Å². The summed E-state index contributed by atoms with van der Waals surface area (Å²) in [5.74, 6) is -0.742. The predicted octanol–water partition coefficient (Wildman–Crippen LogP) is 5.16. The van der Waals surface area contributed by atoms with Crippen molar-refractivity contribution in [2.45, 2.75) is 6.18 Å². The van der Waals surface area contributed by atoms with Crippen LogP contribution in [0.4, 0.5) is 17.6 Å². The Morgan fingerprint density at radius 2 is 1.81 bits per heavy atom. The number of alkyl halides is 3. The number of hydrogen-bond donors (Lipinski definition) is 0. The Balaban J connectivity index is 2.40. The standard InChI is InChI=1S/C14H6ClF4NO/c15-12-5-9(16)2-4-13(12)21-10-3-1-8(7-20)11(6-10)14(17,18)19/h1-6H. The van der Waals surface area contributed by atoms with Gasteiger partial charge in [-0.2, -0.15) is 18.4 Å². The van der Waals surface area contributed by atoms with Crippen molar-refractivity contribution >= 4 is 11.6 Å². The molecule has 0 aliphatic carbocycles. The minimum atomic E-state index is -4.68. The van der Waals surface area contributed by atoms with E-state index < -0.39 is 23.1 Å². The summed E-state index contributed by atoms with van der Waals surface area (Å²) < 4.78 is 56.5. The smallest absolute Gasteiger partial charge is 0.417 e. The van der Waals surface area contributed by atoms with Gasteiger partial charge >= 0.3 is 6.18 Å². The van der Waals surface area contributed by atoms with Crippen LogP contribution in [0.3, 0.4) is 0 Å². The van der Waals surface area contributed by atoms with Crippen LogP contribution in [0.2, 0.25) is 5.02 Å². The number of benzene rings is 2. The Labute approximate surface area is 122 Å². The predicted molar refractivity (Wildman–Crippen MR) is 67.6 cm³/mol. The van der Waals surface area contributed by atoms with Gasteiger partial charge in [-0.3, -0.25) is 0 Å². The number of ether oxygens (including phenoxy) is 1. The molecular formula is C14H6ClF4NO. The van der Waals surface area contributed by atoms with Crippen LogP contribution in [0, 0.1) is 17.1 Å². The molecule has 2 rings (SSSR count). The number of nitriles is 1. The number of rotatable bonds is 2. The maximum absolute atomic E-state index is 12.9. The Kier molecular flexibility index (Phi) is 4.05. The molecular weight excluding hydrogens is 310 g/mol. The zero-order chi connectivity index (χ0) is 15.6. The van der Waals surface area contributed by atoms with E-state index >= 15 is 0 Å². The number of nitrogens with zero attached hydrogens (tertiary/aromatic N) is 1. The lowest BCUT2D eigenvalue weighted by atomic mass is 10.1. The first-order chi connectivity index (χ1) is 9.81. The fourth-order valence-electron chi connectivity index (χ4n) is 1.60. The van der Waals surface area contributed by atoms with E-state index in [0.717, 1.165) is 18.2 Å². The minimum Gasteiger partial charge on any atom is -0.456 e. The highest BCUT2D eigenvalue weighted by Crippen LogP contribution is 2.36. The maximum atomic E-state index is 12.9. The SMILES string of the molecule is N#Cc1ccc(Oc2ccc(F)cc2Cl)cc1C(F)(F)F. The van der Waals surface area contributed by atoms with Crippen LogP contribution < -0.4 is 4.74 Å². The molecule has 0 N–H and O–H groups in total. The molecule has 0 aliphatic heterocycles. The fraction of sp³-hybridized carbons (Fsp3) is 0.0714. The van der Waals surface area contributed by atoms with E-state index in [1.54, 1.807) is 0 Å². The quantitative estimate of drug-likeness (QED) is 0.717. The third kappa shape index (κ3) is 3.44. The Bertz CT molecular complexity index is 722. The highest BCUT2D eigenvalue weighted by molar-refractivity contribution is 6.32. The van der Waals surface area contributed by atoms with Crippen LogP contribution in [0.25, 0.3) is 0 Å². The van der Waals surface area contributed by atoms with E-state index in [2.05, 4.69) is 0 Å². The van der Waals surface area contributed by atoms with Gasteiger partial charge in [-0.15, -0.1) is 0 Å². The summed E-state index contributed by atoms with van der Waals surface area (Å²) in [6.45, 7) is 0. The topological polar surface area (TPSA) is 33.0 Å². The van der Waals surface area contributed by atoms with Crippen LogP contribution in [0.5, 0.6) is 11.5 Å². The molecule has 0 bridgehead atoms. The molecule has 0 heterocycles. The van der Waals surface area contributed by atoms with Crippen molar-refractivity contribution in [3.8, 4) is 17.6 Å². The molecule has 0 saturated heterocycles. The molecule has 21 heavy (non-hydrogen) atoms. The Morgan fingerprint density at radius 3 is 2.38 bits per heavy atom. The first kappa shape index (κ1) is 15.1. The molecule has 0 aliphatic rings. The van der Waals surface area contributed by atoms with E-state index in [0.29, 0.717) is 6.07 Å². The van der Waals surface area contributed by atoms with Crippen molar-refractivity contribution in [1.29, 1.82) is 5.26 Å². The zero-order valence-electron chi connectivity index (χ0n) is 10.2. The molecule has 2 nitrogen and oxygen atoms in total. The summed E-state index contributed by atoms with van der Waals surface area (Å²) in [6, 6.07) is 7.59. The second-order valence-electron chi connectivity index (χ2n) is 3.99. The normalized spacial score (nSPS) is 11.0. The van der Waals surface area contributed by atoms with Gasteiger partial charge < -0.3 is 4.74 Å². The van der Waals surface area contributed by atoms with E-state index in [9.17, 15) is 17.6 Å².